The Kier molecular flexibility index (Phi) is 8.63. The molecule has 0 spiro atoms. The fourth-order valence-electron chi connectivity index (χ4n) is 4.74. The van der Waals surface area contributed by atoms with Gasteiger partial charge >= 0.3 is 5.97 Å². The van der Waals surface area contributed by atoms with E-state index < -0.39 is 5.97 Å². The maximum atomic E-state index is 13.4. The highest BCUT2D eigenvalue weighted by molar-refractivity contribution is 6.10. The monoisotopic (exact) mass is 561 g/mol. The van der Waals surface area contributed by atoms with Crippen molar-refractivity contribution in [1.82, 2.24) is 10.4 Å². The summed E-state index contributed by atoms with van der Waals surface area (Å²) in [5.74, 6) is 0.290. The van der Waals surface area contributed by atoms with E-state index in [1.54, 1.807) is 42.5 Å². The summed E-state index contributed by atoms with van der Waals surface area (Å²) in [7, 11) is 1.53. The lowest BCUT2D eigenvalue weighted by Crippen LogP contribution is -2.19. The molecule has 4 aromatic carbocycles. The van der Waals surface area contributed by atoms with Crippen LogP contribution in [0.4, 0.5) is 0 Å². The van der Waals surface area contributed by atoms with E-state index in [2.05, 4.69) is 28.5 Å². The molecule has 0 saturated carbocycles. The molecule has 8 nitrogen and oxygen atoms in total. The van der Waals surface area contributed by atoms with Crippen LogP contribution in [0.3, 0.4) is 0 Å². The van der Waals surface area contributed by atoms with Crippen LogP contribution in [0.15, 0.2) is 96.1 Å². The number of aromatic nitrogens is 1. The zero-order valence-corrected chi connectivity index (χ0v) is 23.6. The number of amides is 1. The molecule has 0 fully saturated rings. The molecule has 1 amide bonds. The van der Waals surface area contributed by atoms with Gasteiger partial charge in [0, 0.05) is 16.5 Å². The quantitative estimate of drug-likeness (QED) is 0.0846. The summed E-state index contributed by atoms with van der Waals surface area (Å²) in [5.41, 5.74) is 7.91. The number of carbonyl (C=O) groups excluding carboxylic acids is 2. The van der Waals surface area contributed by atoms with Crippen molar-refractivity contribution in [3.63, 3.8) is 0 Å². The Morgan fingerprint density at radius 2 is 1.71 bits per heavy atom. The number of hydrogen-bond donors (Lipinski definition) is 2. The molecule has 5 aromatic rings. The van der Waals surface area contributed by atoms with Gasteiger partial charge in [-0.05, 0) is 66.4 Å². The number of benzene rings is 4. The first-order valence-corrected chi connectivity index (χ1v) is 13.7. The lowest BCUT2D eigenvalue weighted by molar-refractivity contribution is 0.0727. The van der Waals surface area contributed by atoms with Crippen LogP contribution < -0.4 is 19.6 Å². The standard InChI is InChI=1S/C34H31N3O5/c1-4-23-13-10-16-27-30(24-11-7-6-8-12-24)32(36-31(23)27)33(38)37-35-21-22-17-18-28(29(19-22)41-5-2)42-34(39)25-14-9-15-26(20-25)40-3/h6-21,36H,4-5H2,1-3H3,(H,37,38). The number of esters is 1. The fraction of sp³-hybridized carbons (Fsp3) is 0.147. The molecule has 42 heavy (non-hydrogen) atoms. The van der Waals surface area contributed by atoms with Gasteiger partial charge in [-0.25, -0.2) is 10.2 Å². The Bertz CT molecular complexity index is 1760. The zero-order valence-electron chi connectivity index (χ0n) is 23.6. The molecule has 0 bridgehead atoms. The van der Waals surface area contributed by atoms with Gasteiger partial charge in [0.15, 0.2) is 11.5 Å². The van der Waals surface area contributed by atoms with Crippen LogP contribution in [0.2, 0.25) is 0 Å². The van der Waals surface area contributed by atoms with E-state index in [9.17, 15) is 9.59 Å². The van der Waals surface area contributed by atoms with Gasteiger partial charge in [-0.1, -0.05) is 61.5 Å². The number of H-pyrrole nitrogens is 1. The normalized spacial score (nSPS) is 11.0. The summed E-state index contributed by atoms with van der Waals surface area (Å²) in [6.45, 7) is 4.29. The van der Waals surface area contributed by atoms with Crippen molar-refractivity contribution >= 4 is 29.0 Å². The molecule has 8 heteroatoms. The number of methoxy groups -OCH3 is 1. The summed E-state index contributed by atoms with van der Waals surface area (Å²) >= 11 is 0. The van der Waals surface area contributed by atoms with E-state index in [0.717, 1.165) is 34.0 Å². The van der Waals surface area contributed by atoms with Gasteiger partial charge in [0.1, 0.15) is 11.4 Å². The highest BCUT2D eigenvalue weighted by Gasteiger charge is 2.20. The van der Waals surface area contributed by atoms with Gasteiger partial charge < -0.3 is 19.2 Å². The van der Waals surface area contributed by atoms with E-state index in [0.29, 0.717) is 34.9 Å². The van der Waals surface area contributed by atoms with Crippen LogP contribution >= 0.6 is 0 Å². The predicted octanol–water partition coefficient (Wildman–Crippen LogP) is 6.79. The number of nitrogens with one attached hydrogen (secondary N) is 2. The number of hydrogen-bond acceptors (Lipinski definition) is 6. The van der Waals surface area contributed by atoms with Crippen LogP contribution in [0.1, 0.15) is 45.8 Å². The van der Waals surface area contributed by atoms with Gasteiger partial charge in [-0.2, -0.15) is 5.10 Å². The van der Waals surface area contributed by atoms with E-state index in [1.165, 1.54) is 13.3 Å². The molecular weight excluding hydrogens is 530 g/mol. The van der Waals surface area contributed by atoms with Gasteiger partial charge in [-0.15, -0.1) is 0 Å². The maximum Gasteiger partial charge on any atom is 0.343 e. The Hall–Kier alpha value is -5.37. The molecule has 0 aliphatic heterocycles. The second kappa shape index (κ2) is 12.9. The lowest BCUT2D eigenvalue weighted by Gasteiger charge is -2.11. The molecule has 0 atom stereocenters. The molecule has 2 N–H and O–H groups in total. The molecule has 0 radical (unpaired) electrons. The molecule has 1 aromatic heterocycles. The first-order valence-electron chi connectivity index (χ1n) is 13.7. The van der Waals surface area contributed by atoms with Crippen molar-refractivity contribution in [1.29, 1.82) is 0 Å². The second-order valence-corrected chi connectivity index (χ2v) is 9.39. The Labute approximate surface area is 243 Å². The van der Waals surface area contributed by atoms with E-state index in [-0.39, 0.29) is 11.7 Å². The van der Waals surface area contributed by atoms with Gasteiger partial charge in [0.2, 0.25) is 0 Å². The van der Waals surface area contributed by atoms with Crippen molar-refractivity contribution in [2.75, 3.05) is 13.7 Å². The van der Waals surface area contributed by atoms with Crippen LogP contribution in [0.5, 0.6) is 17.2 Å². The summed E-state index contributed by atoms with van der Waals surface area (Å²) < 4.78 is 16.5. The first-order chi connectivity index (χ1) is 20.5. The third-order valence-corrected chi connectivity index (χ3v) is 6.75. The van der Waals surface area contributed by atoms with E-state index in [4.69, 9.17) is 14.2 Å². The highest BCUT2D eigenvalue weighted by atomic mass is 16.6. The summed E-state index contributed by atoms with van der Waals surface area (Å²) in [5, 5.41) is 5.18. The number of para-hydroxylation sites is 1. The first kappa shape index (κ1) is 28.2. The molecule has 0 aliphatic carbocycles. The largest absolute Gasteiger partial charge is 0.497 e. The van der Waals surface area contributed by atoms with Crippen LogP contribution in [0, 0.1) is 0 Å². The number of nitrogens with zero attached hydrogens (tertiary/aromatic N) is 1. The van der Waals surface area contributed by atoms with Gasteiger partial charge in [0.25, 0.3) is 5.91 Å². The van der Waals surface area contributed by atoms with E-state index >= 15 is 0 Å². The number of carbonyl (C=O) groups is 2. The van der Waals surface area contributed by atoms with Crippen molar-refractivity contribution < 1.29 is 23.8 Å². The minimum atomic E-state index is -0.540. The topological polar surface area (TPSA) is 102 Å². The predicted molar refractivity (Wildman–Crippen MR) is 164 cm³/mol. The molecule has 212 valence electrons. The average Bonchev–Trinajstić information content (AvgIpc) is 3.43. The van der Waals surface area contributed by atoms with Crippen molar-refractivity contribution in [3.05, 3.63) is 113 Å². The molecule has 0 aliphatic rings. The summed E-state index contributed by atoms with van der Waals surface area (Å²) in [4.78, 5) is 29.4. The minimum Gasteiger partial charge on any atom is -0.497 e. The van der Waals surface area contributed by atoms with Gasteiger partial charge in [0.05, 0.1) is 25.5 Å². The number of fused-ring (bicyclic) bond motifs is 1. The summed E-state index contributed by atoms with van der Waals surface area (Å²) in [6, 6.07) is 27.7. The number of ether oxygens (including phenoxy) is 3. The van der Waals surface area contributed by atoms with Crippen LogP contribution in [0.25, 0.3) is 22.0 Å². The molecule has 0 saturated heterocycles. The SMILES string of the molecule is CCOc1cc(C=NNC(=O)c2[nH]c3c(CC)cccc3c2-c2ccccc2)ccc1OC(=O)c1cccc(OC)c1. The van der Waals surface area contributed by atoms with E-state index in [1.807, 2.05) is 49.4 Å². The number of hydrazone groups is 1. The Morgan fingerprint density at radius 3 is 2.48 bits per heavy atom. The van der Waals surface area contributed by atoms with Crippen molar-refractivity contribution in [2.45, 2.75) is 20.3 Å². The second-order valence-electron chi connectivity index (χ2n) is 9.39. The third-order valence-electron chi connectivity index (χ3n) is 6.75. The van der Waals surface area contributed by atoms with Crippen molar-refractivity contribution in [2.24, 2.45) is 5.10 Å². The maximum absolute atomic E-state index is 13.4. The Balaban J connectivity index is 1.37. The number of rotatable bonds is 10. The minimum absolute atomic E-state index is 0.267. The molecule has 1 heterocycles. The highest BCUT2D eigenvalue weighted by Crippen LogP contribution is 2.34. The van der Waals surface area contributed by atoms with Gasteiger partial charge in [-0.3, -0.25) is 4.79 Å². The smallest absolute Gasteiger partial charge is 0.343 e. The molecule has 5 rings (SSSR count). The Morgan fingerprint density at radius 1 is 0.905 bits per heavy atom. The van der Waals surface area contributed by atoms with Crippen molar-refractivity contribution in [3.8, 4) is 28.4 Å². The van der Waals surface area contributed by atoms with Crippen LogP contribution in [-0.2, 0) is 6.42 Å². The zero-order chi connectivity index (χ0) is 29.5. The number of aryl methyl sites for hydroxylation is 1. The number of aromatic amines is 1. The fourth-order valence-corrected chi connectivity index (χ4v) is 4.74. The lowest BCUT2D eigenvalue weighted by atomic mass is 10.00. The molecular formula is C34H31N3O5. The third kappa shape index (κ3) is 6.02. The molecule has 0 unspecified atom stereocenters. The summed E-state index contributed by atoms with van der Waals surface area (Å²) in [6.07, 6.45) is 2.34. The average molecular weight is 562 g/mol. The van der Waals surface area contributed by atoms with Crippen LogP contribution in [-0.4, -0.2) is 36.8 Å².